The van der Waals surface area contributed by atoms with Gasteiger partial charge in [-0.3, -0.25) is 4.79 Å². The molecule has 1 atom stereocenters. The molecule has 0 spiro atoms. The number of amides is 1. The first-order chi connectivity index (χ1) is 11.9. The Bertz CT molecular complexity index is 717. The van der Waals surface area contributed by atoms with Crippen LogP contribution >= 0.6 is 0 Å². The second-order valence-electron chi connectivity index (χ2n) is 5.52. The van der Waals surface area contributed by atoms with Crippen LogP contribution < -0.4 is 10.1 Å². The average molecular weight is 370 g/mol. The minimum absolute atomic E-state index is 0.0625. The number of ether oxygens (including phenoxy) is 2. The van der Waals surface area contributed by atoms with Gasteiger partial charge in [-0.05, 0) is 44.0 Å². The van der Waals surface area contributed by atoms with Crippen molar-refractivity contribution in [3.8, 4) is 5.75 Å². The highest BCUT2D eigenvalue weighted by Gasteiger charge is 2.35. The summed E-state index contributed by atoms with van der Waals surface area (Å²) in [6.45, 7) is 2.14. The molecule has 0 saturated carbocycles. The van der Waals surface area contributed by atoms with Crippen molar-refractivity contribution in [2.45, 2.75) is 30.7 Å². The van der Waals surface area contributed by atoms with E-state index in [1.54, 1.807) is 19.1 Å². The third-order valence-corrected chi connectivity index (χ3v) is 5.91. The highest BCUT2D eigenvalue weighted by molar-refractivity contribution is 7.89. The first-order valence-electron chi connectivity index (χ1n) is 8.01. The van der Waals surface area contributed by atoms with Crippen molar-refractivity contribution in [1.29, 1.82) is 0 Å². The van der Waals surface area contributed by atoms with Crippen molar-refractivity contribution >= 4 is 21.9 Å². The summed E-state index contributed by atoms with van der Waals surface area (Å²) in [5, 5.41) is 2.44. The van der Waals surface area contributed by atoms with Crippen molar-refractivity contribution in [3.05, 3.63) is 24.3 Å². The van der Waals surface area contributed by atoms with Crippen LogP contribution in [-0.2, 0) is 24.3 Å². The zero-order valence-corrected chi connectivity index (χ0v) is 15.0. The maximum Gasteiger partial charge on any atom is 0.396 e. The maximum absolute atomic E-state index is 12.8. The Labute approximate surface area is 147 Å². The van der Waals surface area contributed by atoms with Gasteiger partial charge < -0.3 is 14.8 Å². The van der Waals surface area contributed by atoms with E-state index in [9.17, 15) is 18.0 Å². The molecule has 1 amide bonds. The third kappa shape index (κ3) is 4.49. The zero-order chi connectivity index (χ0) is 18.4. The van der Waals surface area contributed by atoms with E-state index >= 15 is 0 Å². The first-order valence-corrected chi connectivity index (χ1v) is 9.45. The summed E-state index contributed by atoms with van der Waals surface area (Å²) in [6, 6.07) is 5.74. The predicted octanol–water partition coefficient (Wildman–Crippen LogP) is 0.528. The van der Waals surface area contributed by atoms with Gasteiger partial charge in [-0.2, -0.15) is 4.31 Å². The Balaban J connectivity index is 2.06. The smallest absolute Gasteiger partial charge is 0.396 e. The molecule has 1 N–H and O–H groups in total. The van der Waals surface area contributed by atoms with Crippen LogP contribution in [-0.4, -0.2) is 57.4 Å². The number of nitrogens with one attached hydrogen (secondary N) is 1. The quantitative estimate of drug-likeness (QED) is 0.579. The average Bonchev–Trinajstić information content (AvgIpc) is 3.09. The number of esters is 1. The largest absolute Gasteiger partial charge is 0.497 e. The van der Waals surface area contributed by atoms with Gasteiger partial charge >= 0.3 is 11.9 Å². The van der Waals surface area contributed by atoms with E-state index in [0.717, 1.165) is 0 Å². The molecule has 0 radical (unpaired) electrons. The van der Waals surface area contributed by atoms with Crippen LogP contribution in [0.3, 0.4) is 0 Å². The molecule has 1 aromatic carbocycles. The van der Waals surface area contributed by atoms with E-state index in [4.69, 9.17) is 4.74 Å². The standard InChI is InChI=1S/C16H22N2O6S/c1-3-24-16(20)15(19)17-11-12-5-4-10-18(12)25(21,22)14-8-6-13(23-2)7-9-14/h6-9,12H,3-5,10-11H2,1-2H3,(H,17,19)/t12-/m1/s1. The predicted molar refractivity (Wildman–Crippen MR) is 89.6 cm³/mol. The lowest BCUT2D eigenvalue weighted by Gasteiger charge is -2.24. The highest BCUT2D eigenvalue weighted by atomic mass is 32.2. The van der Waals surface area contributed by atoms with E-state index in [1.165, 1.54) is 23.5 Å². The number of carbonyl (C=O) groups excluding carboxylic acids is 2. The molecule has 1 aliphatic rings. The summed E-state index contributed by atoms with van der Waals surface area (Å²) >= 11 is 0. The fourth-order valence-corrected chi connectivity index (χ4v) is 4.38. The SMILES string of the molecule is CCOC(=O)C(=O)NC[C@H]1CCCN1S(=O)(=O)c1ccc(OC)cc1. The third-order valence-electron chi connectivity index (χ3n) is 3.95. The van der Waals surface area contributed by atoms with Crippen LogP contribution in [0.1, 0.15) is 19.8 Å². The molecule has 9 heteroatoms. The van der Waals surface area contributed by atoms with Crippen molar-refractivity contribution in [2.24, 2.45) is 0 Å². The van der Waals surface area contributed by atoms with Gasteiger partial charge in [-0.1, -0.05) is 0 Å². The molecule has 0 bridgehead atoms. The topological polar surface area (TPSA) is 102 Å². The lowest BCUT2D eigenvalue weighted by atomic mass is 10.2. The van der Waals surface area contributed by atoms with E-state index in [0.29, 0.717) is 25.1 Å². The lowest BCUT2D eigenvalue weighted by molar-refractivity contribution is -0.154. The molecule has 25 heavy (non-hydrogen) atoms. The van der Waals surface area contributed by atoms with Crippen LogP contribution in [0.2, 0.25) is 0 Å². The van der Waals surface area contributed by atoms with E-state index in [2.05, 4.69) is 10.1 Å². The summed E-state index contributed by atoms with van der Waals surface area (Å²) < 4.78 is 36.6. The summed E-state index contributed by atoms with van der Waals surface area (Å²) in [4.78, 5) is 23.1. The fourth-order valence-electron chi connectivity index (χ4n) is 2.69. The maximum atomic E-state index is 12.8. The van der Waals surface area contributed by atoms with Crippen molar-refractivity contribution in [3.63, 3.8) is 0 Å². The Morgan fingerprint density at radius 3 is 2.56 bits per heavy atom. The second kappa shape index (κ2) is 8.30. The van der Waals surface area contributed by atoms with Crippen LogP contribution in [0.25, 0.3) is 0 Å². The van der Waals surface area contributed by atoms with Crippen molar-refractivity contribution < 1.29 is 27.5 Å². The van der Waals surface area contributed by atoms with Crippen LogP contribution in [0, 0.1) is 0 Å². The van der Waals surface area contributed by atoms with E-state index < -0.39 is 27.9 Å². The van der Waals surface area contributed by atoms with Gasteiger partial charge in [0.15, 0.2) is 0 Å². The number of hydrogen-bond acceptors (Lipinski definition) is 6. The molecule has 138 valence electrons. The molecule has 1 aliphatic heterocycles. The highest BCUT2D eigenvalue weighted by Crippen LogP contribution is 2.26. The minimum Gasteiger partial charge on any atom is -0.497 e. The number of rotatable bonds is 6. The van der Waals surface area contributed by atoms with Crippen LogP contribution in [0.4, 0.5) is 0 Å². The summed E-state index contributed by atoms with van der Waals surface area (Å²) in [7, 11) is -2.17. The van der Waals surface area contributed by atoms with Crippen molar-refractivity contribution in [2.75, 3.05) is 26.8 Å². The molecule has 1 aromatic rings. The molecule has 2 rings (SSSR count). The van der Waals surface area contributed by atoms with Crippen molar-refractivity contribution in [1.82, 2.24) is 9.62 Å². The molecule has 1 fully saturated rings. The zero-order valence-electron chi connectivity index (χ0n) is 14.2. The van der Waals surface area contributed by atoms with Crippen LogP contribution in [0.15, 0.2) is 29.2 Å². The molecule has 8 nitrogen and oxygen atoms in total. The molecule has 1 heterocycles. The Morgan fingerprint density at radius 2 is 1.96 bits per heavy atom. The molecule has 0 aliphatic carbocycles. The van der Waals surface area contributed by atoms with Gasteiger partial charge in [0.2, 0.25) is 10.0 Å². The number of nitrogens with zero attached hydrogens (tertiary/aromatic N) is 1. The summed E-state index contributed by atoms with van der Waals surface area (Å²) in [5.41, 5.74) is 0. The Morgan fingerprint density at radius 1 is 1.28 bits per heavy atom. The molecule has 1 saturated heterocycles. The minimum atomic E-state index is -3.68. The monoisotopic (exact) mass is 370 g/mol. The number of methoxy groups -OCH3 is 1. The normalized spacial score (nSPS) is 17.9. The van der Waals surface area contributed by atoms with E-state index in [1.807, 2.05) is 0 Å². The van der Waals surface area contributed by atoms with Gasteiger partial charge in [-0.25, -0.2) is 13.2 Å². The Hall–Kier alpha value is -2.13. The van der Waals surface area contributed by atoms with Gasteiger partial charge in [0.05, 0.1) is 18.6 Å². The van der Waals surface area contributed by atoms with E-state index in [-0.39, 0.29) is 18.0 Å². The number of benzene rings is 1. The number of carbonyl (C=O) groups is 2. The first kappa shape index (κ1) is 19.2. The molecular formula is C16H22N2O6S. The molecule has 0 aromatic heterocycles. The molecule has 0 unspecified atom stereocenters. The van der Waals surface area contributed by atoms with Gasteiger partial charge in [0, 0.05) is 19.1 Å². The molecular weight excluding hydrogens is 348 g/mol. The van der Waals surface area contributed by atoms with Gasteiger partial charge in [0.1, 0.15) is 5.75 Å². The fraction of sp³-hybridized carbons (Fsp3) is 0.500. The summed E-state index contributed by atoms with van der Waals surface area (Å²) in [6.07, 6.45) is 1.30. The summed E-state index contributed by atoms with van der Waals surface area (Å²) in [5.74, 6) is -1.26. The van der Waals surface area contributed by atoms with Gasteiger partial charge in [0.25, 0.3) is 0 Å². The number of hydrogen-bond donors (Lipinski definition) is 1. The van der Waals surface area contributed by atoms with Gasteiger partial charge in [-0.15, -0.1) is 0 Å². The number of sulfonamides is 1. The lowest BCUT2D eigenvalue weighted by Crippen LogP contribution is -2.44. The van der Waals surface area contributed by atoms with Crippen LogP contribution in [0.5, 0.6) is 5.75 Å². The Kier molecular flexibility index (Phi) is 6.38. The second-order valence-corrected chi connectivity index (χ2v) is 7.41.